The molecule has 1 aromatic carbocycles. The third-order valence-electron chi connectivity index (χ3n) is 2.02. The Morgan fingerprint density at radius 1 is 1.36 bits per heavy atom. The molecule has 2 nitrogen and oxygen atoms in total. The van der Waals surface area contributed by atoms with Crippen molar-refractivity contribution in [3.8, 4) is 0 Å². The Hall–Kier alpha value is -0.930. The van der Waals surface area contributed by atoms with Crippen molar-refractivity contribution in [2.24, 2.45) is 0 Å². The third-order valence-corrected chi connectivity index (χ3v) is 2.02. The molecule has 0 aliphatic rings. The molecule has 2 N–H and O–H groups in total. The summed E-state index contributed by atoms with van der Waals surface area (Å²) in [5, 5.41) is 12.8. The Morgan fingerprint density at radius 3 is 2.57 bits per heavy atom. The van der Waals surface area contributed by atoms with Crippen LogP contribution in [0.15, 0.2) is 24.3 Å². The second-order valence-corrected chi connectivity index (χ2v) is 3.27. The van der Waals surface area contributed by atoms with E-state index in [2.05, 4.69) is 12.2 Å². The summed E-state index contributed by atoms with van der Waals surface area (Å²) < 4.78 is 12.6. The van der Waals surface area contributed by atoms with E-state index in [1.165, 1.54) is 12.1 Å². The number of aliphatic hydroxyl groups is 1. The maximum Gasteiger partial charge on any atom is 0.123 e. The quantitative estimate of drug-likeness (QED) is 0.706. The molecule has 14 heavy (non-hydrogen) atoms. The molecule has 1 rings (SSSR count). The van der Waals surface area contributed by atoms with Gasteiger partial charge in [-0.15, -0.1) is 0 Å². The normalized spacial score (nSPS) is 12.8. The molecule has 0 saturated carbocycles. The van der Waals surface area contributed by atoms with Crippen LogP contribution in [0.4, 0.5) is 4.39 Å². The van der Waals surface area contributed by atoms with Crippen LogP contribution >= 0.6 is 0 Å². The number of rotatable bonds is 5. The molecular formula is C11H16FNO. The van der Waals surface area contributed by atoms with Gasteiger partial charge in [0.25, 0.3) is 0 Å². The SMILES string of the molecule is CCCNCC(O)c1ccc(F)cc1. The van der Waals surface area contributed by atoms with Crippen molar-refractivity contribution in [1.82, 2.24) is 5.32 Å². The average molecular weight is 197 g/mol. The fraction of sp³-hybridized carbons (Fsp3) is 0.455. The minimum absolute atomic E-state index is 0.275. The molecule has 1 atom stereocenters. The summed E-state index contributed by atoms with van der Waals surface area (Å²) in [4.78, 5) is 0. The van der Waals surface area contributed by atoms with Crippen molar-refractivity contribution in [1.29, 1.82) is 0 Å². The van der Waals surface area contributed by atoms with Gasteiger partial charge in [0, 0.05) is 6.54 Å². The number of halogens is 1. The van der Waals surface area contributed by atoms with Gasteiger partial charge in [0.15, 0.2) is 0 Å². The van der Waals surface area contributed by atoms with Gasteiger partial charge >= 0.3 is 0 Å². The molecule has 1 unspecified atom stereocenters. The van der Waals surface area contributed by atoms with Gasteiger partial charge in [0.2, 0.25) is 0 Å². The minimum Gasteiger partial charge on any atom is -0.387 e. The summed E-state index contributed by atoms with van der Waals surface area (Å²) in [7, 11) is 0. The first-order valence-corrected chi connectivity index (χ1v) is 4.88. The van der Waals surface area contributed by atoms with Gasteiger partial charge in [-0.25, -0.2) is 4.39 Å². The van der Waals surface area contributed by atoms with Gasteiger partial charge in [0.1, 0.15) is 5.82 Å². The van der Waals surface area contributed by atoms with Crippen LogP contribution in [0.3, 0.4) is 0 Å². The summed E-state index contributed by atoms with van der Waals surface area (Å²) in [6.07, 6.45) is 0.484. The van der Waals surface area contributed by atoms with Crippen LogP contribution in [0, 0.1) is 5.82 Å². The molecule has 3 heteroatoms. The number of benzene rings is 1. The largest absolute Gasteiger partial charge is 0.387 e. The van der Waals surface area contributed by atoms with E-state index in [0.717, 1.165) is 18.5 Å². The highest BCUT2D eigenvalue weighted by molar-refractivity contribution is 5.18. The predicted octanol–water partition coefficient (Wildman–Crippen LogP) is 1.86. The van der Waals surface area contributed by atoms with Crippen molar-refractivity contribution >= 4 is 0 Å². The lowest BCUT2D eigenvalue weighted by molar-refractivity contribution is 0.175. The van der Waals surface area contributed by atoms with E-state index >= 15 is 0 Å². The maximum atomic E-state index is 12.6. The van der Waals surface area contributed by atoms with Crippen molar-refractivity contribution < 1.29 is 9.50 Å². The summed E-state index contributed by atoms with van der Waals surface area (Å²) in [6, 6.07) is 5.93. The van der Waals surface area contributed by atoms with E-state index in [0.29, 0.717) is 6.54 Å². The van der Waals surface area contributed by atoms with Gasteiger partial charge in [-0.05, 0) is 30.7 Å². The lowest BCUT2D eigenvalue weighted by Gasteiger charge is -2.11. The third kappa shape index (κ3) is 3.44. The van der Waals surface area contributed by atoms with Crippen LogP contribution < -0.4 is 5.32 Å². The van der Waals surface area contributed by atoms with Gasteiger partial charge in [-0.2, -0.15) is 0 Å². The summed E-state index contributed by atoms with van der Waals surface area (Å²) in [6.45, 7) is 3.47. The Bertz CT molecular complexity index is 260. The van der Waals surface area contributed by atoms with E-state index in [1.807, 2.05) is 0 Å². The molecule has 0 spiro atoms. The zero-order valence-corrected chi connectivity index (χ0v) is 8.33. The van der Waals surface area contributed by atoms with Gasteiger partial charge in [0.05, 0.1) is 6.10 Å². The van der Waals surface area contributed by atoms with E-state index in [4.69, 9.17) is 0 Å². The van der Waals surface area contributed by atoms with Crippen LogP contribution in [0.25, 0.3) is 0 Å². The molecule has 0 saturated heterocycles. The van der Waals surface area contributed by atoms with Crippen molar-refractivity contribution in [2.45, 2.75) is 19.4 Å². The molecule has 0 aliphatic carbocycles. The maximum absolute atomic E-state index is 12.6. The smallest absolute Gasteiger partial charge is 0.123 e. The van der Waals surface area contributed by atoms with E-state index in [-0.39, 0.29) is 5.82 Å². The van der Waals surface area contributed by atoms with Crippen molar-refractivity contribution in [2.75, 3.05) is 13.1 Å². The fourth-order valence-electron chi connectivity index (χ4n) is 1.22. The van der Waals surface area contributed by atoms with Crippen LogP contribution in [-0.2, 0) is 0 Å². The highest BCUT2D eigenvalue weighted by Crippen LogP contribution is 2.12. The number of aliphatic hydroxyl groups excluding tert-OH is 1. The highest BCUT2D eigenvalue weighted by atomic mass is 19.1. The number of nitrogens with one attached hydrogen (secondary N) is 1. The lowest BCUT2D eigenvalue weighted by atomic mass is 10.1. The molecule has 0 aromatic heterocycles. The monoisotopic (exact) mass is 197 g/mol. The standard InChI is InChI=1S/C11H16FNO/c1-2-7-13-8-11(14)9-3-5-10(12)6-4-9/h3-6,11,13-14H,2,7-8H2,1H3. The summed E-state index contributed by atoms with van der Waals surface area (Å²) in [5.74, 6) is -0.275. The minimum atomic E-state index is -0.554. The molecular weight excluding hydrogens is 181 g/mol. The van der Waals surface area contributed by atoms with Crippen molar-refractivity contribution in [3.63, 3.8) is 0 Å². The first-order valence-electron chi connectivity index (χ1n) is 4.88. The van der Waals surface area contributed by atoms with Crippen LogP contribution in [-0.4, -0.2) is 18.2 Å². The fourth-order valence-corrected chi connectivity index (χ4v) is 1.22. The zero-order chi connectivity index (χ0) is 10.4. The molecule has 0 bridgehead atoms. The number of hydrogen-bond acceptors (Lipinski definition) is 2. The lowest BCUT2D eigenvalue weighted by Crippen LogP contribution is -2.22. The first-order chi connectivity index (χ1) is 6.74. The summed E-state index contributed by atoms with van der Waals surface area (Å²) >= 11 is 0. The van der Waals surface area contributed by atoms with E-state index in [9.17, 15) is 9.50 Å². The topological polar surface area (TPSA) is 32.3 Å². The second-order valence-electron chi connectivity index (χ2n) is 3.27. The van der Waals surface area contributed by atoms with E-state index in [1.54, 1.807) is 12.1 Å². The van der Waals surface area contributed by atoms with Crippen molar-refractivity contribution in [3.05, 3.63) is 35.6 Å². The Kier molecular flexibility index (Phi) is 4.56. The van der Waals surface area contributed by atoms with Gasteiger partial charge in [-0.3, -0.25) is 0 Å². The second kappa shape index (κ2) is 5.73. The van der Waals surface area contributed by atoms with Crippen LogP contribution in [0.2, 0.25) is 0 Å². The highest BCUT2D eigenvalue weighted by Gasteiger charge is 2.05. The van der Waals surface area contributed by atoms with Gasteiger partial charge in [-0.1, -0.05) is 19.1 Å². The Balaban J connectivity index is 2.43. The molecule has 78 valence electrons. The van der Waals surface area contributed by atoms with Gasteiger partial charge < -0.3 is 10.4 Å². The van der Waals surface area contributed by atoms with Crippen LogP contribution in [0.1, 0.15) is 25.0 Å². The molecule has 0 heterocycles. The molecule has 0 fully saturated rings. The molecule has 0 aliphatic heterocycles. The Labute approximate surface area is 83.8 Å². The van der Waals surface area contributed by atoms with E-state index < -0.39 is 6.10 Å². The van der Waals surface area contributed by atoms with Crippen LogP contribution in [0.5, 0.6) is 0 Å². The molecule has 0 amide bonds. The zero-order valence-electron chi connectivity index (χ0n) is 8.33. The summed E-state index contributed by atoms with van der Waals surface area (Å²) in [5.41, 5.74) is 0.745. The predicted molar refractivity (Wildman–Crippen MR) is 54.5 cm³/mol. The molecule has 0 radical (unpaired) electrons. The first kappa shape index (κ1) is 11.1. The number of hydrogen-bond donors (Lipinski definition) is 2. The average Bonchev–Trinajstić information content (AvgIpc) is 2.19. The molecule has 1 aromatic rings. The Morgan fingerprint density at radius 2 is 2.00 bits per heavy atom.